The number of likely N-dealkylation sites (tertiary alicyclic amines) is 1. The number of aromatic nitrogens is 1. The van der Waals surface area contributed by atoms with Gasteiger partial charge >= 0.3 is 11.9 Å². The second-order valence-electron chi connectivity index (χ2n) is 11.2. The summed E-state index contributed by atoms with van der Waals surface area (Å²) in [6.45, 7) is 6.55. The molecule has 3 aliphatic rings. The van der Waals surface area contributed by atoms with Crippen LogP contribution in [0.15, 0.2) is 58.7 Å². The first-order valence-corrected chi connectivity index (χ1v) is 15.7. The molecule has 2 saturated heterocycles. The summed E-state index contributed by atoms with van der Waals surface area (Å²) in [7, 11) is 0. The summed E-state index contributed by atoms with van der Waals surface area (Å²) < 4.78 is 56.7. The van der Waals surface area contributed by atoms with Gasteiger partial charge in [0.1, 0.15) is 24.5 Å². The Bertz CT molecular complexity index is 1540. The highest BCUT2D eigenvalue weighted by atomic mass is 32.1. The fraction of sp³-hybridized carbons (Fsp3) is 0.484. The molecule has 4 heterocycles. The minimum absolute atomic E-state index is 0.0401. The molecule has 0 saturated carbocycles. The van der Waals surface area contributed by atoms with E-state index in [1.54, 1.807) is 31.5 Å². The highest BCUT2D eigenvalue weighted by Gasteiger charge is 2.62. The zero-order chi connectivity index (χ0) is 33.2. The molecule has 1 unspecified atom stereocenters. The number of esters is 2. The number of benzene rings is 1. The standard InChI is InChI=1S/C31H36F3N5O6S/c1-5-12-44-29(41)30(42,6-2)16-39-25-22(15-45-39)38(17-31(25,33)34)14-21-23(28(40)43-7-3)24(19-9-8-10-20(32)18(19)4)37-26(36-21)27-35-11-13-46-27/h5,8-11,13,22,24-25,42H,1,6-7,12,14-17H2,2-4H3,(H,36,37)/t22-,24+,25+,30?/m1/s1. The molecule has 0 radical (unpaired) electrons. The molecule has 2 aromatic rings. The van der Waals surface area contributed by atoms with Gasteiger partial charge in [-0.05, 0) is 37.5 Å². The van der Waals surface area contributed by atoms with Gasteiger partial charge in [0, 0.05) is 23.8 Å². The molecule has 2 fully saturated rings. The van der Waals surface area contributed by atoms with Crippen molar-refractivity contribution in [2.24, 2.45) is 4.99 Å². The summed E-state index contributed by atoms with van der Waals surface area (Å²) >= 11 is 1.28. The number of hydroxylamine groups is 2. The van der Waals surface area contributed by atoms with Gasteiger partial charge in [-0.2, -0.15) is 5.06 Å². The van der Waals surface area contributed by atoms with Crippen molar-refractivity contribution < 1.29 is 42.2 Å². The first kappa shape index (κ1) is 33.7. The number of halogens is 3. The number of carbonyl (C=O) groups excluding carboxylic acids is 2. The first-order chi connectivity index (χ1) is 21.9. The highest BCUT2D eigenvalue weighted by Crippen LogP contribution is 2.42. The third kappa shape index (κ3) is 6.47. The predicted molar refractivity (Wildman–Crippen MR) is 162 cm³/mol. The number of fused-ring (bicyclic) bond motifs is 1. The zero-order valence-electron chi connectivity index (χ0n) is 25.7. The van der Waals surface area contributed by atoms with Gasteiger partial charge in [-0.15, -0.1) is 11.3 Å². The van der Waals surface area contributed by atoms with E-state index >= 15 is 8.78 Å². The van der Waals surface area contributed by atoms with Crippen molar-refractivity contribution in [1.82, 2.24) is 20.3 Å². The zero-order valence-corrected chi connectivity index (χ0v) is 26.5. The molecule has 248 valence electrons. The minimum Gasteiger partial charge on any atom is -0.463 e. The summed E-state index contributed by atoms with van der Waals surface area (Å²) in [5, 5.41) is 17.4. The number of thiazole rings is 1. The van der Waals surface area contributed by atoms with Gasteiger partial charge in [0.15, 0.2) is 16.4 Å². The Morgan fingerprint density at radius 3 is 2.78 bits per heavy atom. The maximum absolute atomic E-state index is 15.8. The van der Waals surface area contributed by atoms with E-state index in [0.717, 1.165) is 5.06 Å². The lowest BCUT2D eigenvalue weighted by Crippen LogP contribution is -2.54. The van der Waals surface area contributed by atoms with Gasteiger partial charge < -0.3 is 19.9 Å². The predicted octanol–water partition coefficient (Wildman–Crippen LogP) is 3.30. The van der Waals surface area contributed by atoms with Crippen LogP contribution in [0.4, 0.5) is 13.2 Å². The smallest absolute Gasteiger partial charge is 0.339 e. The number of alkyl halides is 2. The summed E-state index contributed by atoms with van der Waals surface area (Å²) in [5.41, 5.74) is -1.09. The van der Waals surface area contributed by atoms with E-state index in [0.29, 0.717) is 16.4 Å². The van der Waals surface area contributed by atoms with Crippen LogP contribution in [0.3, 0.4) is 0 Å². The van der Waals surface area contributed by atoms with E-state index in [9.17, 15) is 19.1 Å². The Balaban J connectivity index is 1.50. The van der Waals surface area contributed by atoms with E-state index in [4.69, 9.17) is 19.3 Å². The Kier molecular flexibility index (Phi) is 9.98. The number of amidine groups is 1. The molecule has 0 spiro atoms. The summed E-state index contributed by atoms with van der Waals surface area (Å²) in [6, 6.07) is 1.07. The van der Waals surface area contributed by atoms with Crippen LogP contribution in [0.25, 0.3) is 0 Å². The third-order valence-electron chi connectivity index (χ3n) is 8.34. The fourth-order valence-corrected chi connectivity index (χ4v) is 6.53. The lowest BCUT2D eigenvalue weighted by molar-refractivity contribution is -0.215. The van der Waals surface area contributed by atoms with Gasteiger partial charge in [0.05, 0.1) is 37.9 Å². The quantitative estimate of drug-likeness (QED) is 0.258. The normalized spacial score (nSPS) is 24.2. The molecule has 0 bridgehead atoms. The number of nitrogens with zero attached hydrogens (tertiary/aromatic N) is 4. The average Bonchev–Trinajstić information content (AvgIpc) is 3.76. The number of nitrogens with one attached hydrogen (secondary N) is 1. The van der Waals surface area contributed by atoms with Crippen LogP contribution >= 0.6 is 11.3 Å². The highest BCUT2D eigenvalue weighted by molar-refractivity contribution is 7.11. The van der Waals surface area contributed by atoms with Crippen molar-refractivity contribution in [3.05, 3.63) is 75.7 Å². The molecule has 2 N–H and O–H groups in total. The number of aliphatic hydroxyl groups is 1. The monoisotopic (exact) mass is 663 g/mol. The van der Waals surface area contributed by atoms with Crippen molar-refractivity contribution in [3.8, 4) is 0 Å². The van der Waals surface area contributed by atoms with E-state index in [-0.39, 0.29) is 49.6 Å². The van der Waals surface area contributed by atoms with Gasteiger partial charge in [0.2, 0.25) is 0 Å². The summed E-state index contributed by atoms with van der Waals surface area (Å²) in [6.07, 6.45) is 2.81. The number of ether oxygens (including phenoxy) is 2. The van der Waals surface area contributed by atoms with Crippen LogP contribution in [0.5, 0.6) is 0 Å². The molecule has 3 aliphatic heterocycles. The number of hydrogen-bond donors (Lipinski definition) is 2. The largest absolute Gasteiger partial charge is 0.463 e. The lowest BCUT2D eigenvalue weighted by atomic mass is 9.92. The Morgan fingerprint density at radius 2 is 2.11 bits per heavy atom. The Morgan fingerprint density at radius 1 is 1.33 bits per heavy atom. The van der Waals surface area contributed by atoms with Crippen LogP contribution in [-0.2, 0) is 23.9 Å². The van der Waals surface area contributed by atoms with E-state index in [2.05, 4.69) is 16.9 Å². The van der Waals surface area contributed by atoms with Crippen molar-refractivity contribution in [2.45, 2.75) is 56.8 Å². The van der Waals surface area contributed by atoms with Gasteiger partial charge in [0.25, 0.3) is 5.92 Å². The molecule has 0 aliphatic carbocycles. The average molecular weight is 664 g/mol. The molecular weight excluding hydrogens is 627 g/mol. The second-order valence-corrected chi connectivity index (χ2v) is 12.1. The summed E-state index contributed by atoms with van der Waals surface area (Å²) in [4.78, 5) is 42.3. The molecule has 1 aromatic carbocycles. The number of carbonyl (C=O) groups is 2. The SMILES string of the molecule is C=CCOC(=O)C(O)(CC)CN1OC[C@@H]2[C@H]1C(F)(F)CN2CC1=C(C(=O)OCC)[C@H](c2cccc(F)c2C)N=C(c2nccs2)N1. The molecule has 0 amide bonds. The van der Waals surface area contributed by atoms with Gasteiger partial charge in [-0.3, -0.25) is 14.7 Å². The summed E-state index contributed by atoms with van der Waals surface area (Å²) in [5.74, 6) is -5.21. The molecule has 15 heteroatoms. The number of aliphatic imine (C=N–C) groups is 1. The Labute approximate surface area is 268 Å². The first-order valence-electron chi connectivity index (χ1n) is 14.9. The van der Waals surface area contributed by atoms with Crippen molar-refractivity contribution in [1.29, 1.82) is 0 Å². The van der Waals surface area contributed by atoms with Crippen LogP contribution in [-0.4, -0.2) is 101 Å². The van der Waals surface area contributed by atoms with Crippen LogP contribution in [0, 0.1) is 12.7 Å². The second kappa shape index (κ2) is 13.6. The van der Waals surface area contributed by atoms with Gasteiger partial charge in [-0.25, -0.2) is 27.7 Å². The fourth-order valence-electron chi connectivity index (χ4n) is 5.95. The molecule has 46 heavy (non-hydrogen) atoms. The van der Waals surface area contributed by atoms with E-state index < -0.39 is 60.5 Å². The van der Waals surface area contributed by atoms with Gasteiger partial charge in [-0.1, -0.05) is 31.7 Å². The van der Waals surface area contributed by atoms with E-state index in [1.165, 1.54) is 41.4 Å². The lowest BCUT2D eigenvalue weighted by Gasteiger charge is -2.32. The maximum Gasteiger partial charge on any atom is 0.339 e. The van der Waals surface area contributed by atoms with Crippen LogP contribution in [0.2, 0.25) is 0 Å². The number of β-amino-alcohol motifs (C(OH)–C–C–N with tert-alkyl or cyclic N) is 1. The maximum atomic E-state index is 15.8. The molecule has 4 atom stereocenters. The molecule has 1 aromatic heterocycles. The minimum atomic E-state index is -3.33. The van der Waals surface area contributed by atoms with Crippen molar-refractivity contribution in [2.75, 3.05) is 39.5 Å². The Hall–Kier alpha value is -3.63. The van der Waals surface area contributed by atoms with Crippen molar-refractivity contribution >= 4 is 29.1 Å². The van der Waals surface area contributed by atoms with Crippen molar-refractivity contribution in [3.63, 3.8) is 0 Å². The van der Waals surface area contributed by atoms with Crippen LogP contribution in [0.1, 0.15) is 42.4 Å². The molecule has 5 rings (SSSR count). The topological polar surface area (TPSA) is 126 Å². The third-order valence-corrected chi connectivity index (χ3v) is 9.12. The molecule has 11 nitrogen and oxygen atoms in total. The molecular formula is C31H36F3N5O6S. The number of rotatable bonds is 12. The van der Waals surface area contributed by atoms with Crippen LogP contribution < -0.4 is 5.32 Å². The van der Waals surface area contributed by atoms with E-state index in [1.807, 2.05) is 0 Å². The number of hydrogen-bond acceptors (Lipinski definition) is 12.